The molecule has 0 spiro atoms. The molecule has 4 nitrogen and oxygen atoms in total. The molecule has 1 aliphatic heterocycles. The van der Waals surface area contributed by atoms with Crippen molar-refractivity contribution in [2.24, 2.45) is 0 Å². The van der Waals surface area contributed by atoms with Crippen molar-refractivity contribution >= 4 is 8.32 Å². The summed E-state index contributed by atoms with van der Waals surface area (Å²) in [5.41, 5.74) is 1.00. The highest BCUT2D eigenvalue weighted by Gasteiger charge is 2.42. The quantitative estimate of drug-likeness (QED) is 0.640. The van der Waals surface area contributed by atoms with Crippen LogP contribution in [-0.2, 0) is 13.9 Å². The van der Waals surface area contributed by atoms with Gasteiger partial charge in [-0.2, -0.15) is 0 Å². The molecule has 0 aromatic carbocycles. The largest absolute Gasteiger partial charge is 0.392 e. The number of rotatable bonds is 4. The minimum atomic E-state index is -1.85. The highest BCUT2D eigenvalue weighted by molar-refractivity contribution is 6.74. The van der Waals surface area contributed by atoms with E-state index < -0.39 is 8.32 Å². The lowest BCUT2D eigenvalue weighted by Gasteiger charge is -2.43. The smallest absolute Gasteiger partial charge is 0.195 e. The van der Waals surface area contributed by atoms with E-state index >= 15 is 0 Å². The standard InChI is InChI=1S/C15H30O4Si/c1-11-12(8-9-16)13(17-5)10-14(18-11)19-20(6,7)15(2,3)4/h8,11,13-14,16H,9-10H2,1-7H3/b12-8-/t11-,13-,14-/m0/s1. The van der Waals surface area contributed by atoms with E-state index in [-0.39, 0.29) is 30.1 Å². The second-order valence-corrected chi connectivity index (χ2v) is 11.7. The van der Waals surface area contributed by atoms with Gasteiger partial charge in [0.25, 0.3) is 0 Å². The fourth-order valence-electron chi connectivity index (χ4n) is 2.15. The Morgan fingerprint density at radius 3 is 2.45 bits per heavy atom. The van der Waals surface area contributed by atoms with Crippen molar-refractivity contribution in [3.8, 4) is 0 Å². The van der Waals surface area contributed by atoms with Gasteiger partial charge in [-0.05, 0) is 30.6 Å². The van der Waals surface area contributed by atoms with Gasteiger partial charge >= 0.3 is 0 Å². The van der Waals surface area contributed by atoms with Crippen LogP contribution in [0.5, 0.6) is 0 Å². The normalized spacial score (nSPS) is 30.8. The molecule has 1 N–H and O–H groups in total. The van der Waals surface area contributed by atoms with Crippen LogP contribution in [0.1, 0.15) is 34.1 Å². The summed E-state index contributed by atoms with van der Waals surface area (Å²) in [5.74, 6) is 0. The van der Waals surface area contributed by atoms with Crippen molar-refractivity contribution in [3.63, 3.8) is 0 Å². The summed E-state index contributed by atoms with van der Waals surface area (Å²) in [4.78, 5) is 0. The van der Waals surface area contributed by atoms with Crippen LogP contribution in [0.4, 0.5) is 0 Å². The molecule has 118 valence electrons. The van der Waals surface area contributed by atoms with Gasteiger partial charge in [0.2, 0.25) is 0 Å². The van der Waals surface area contributed by atoms with Crippen molar-refractivity contribution < 1.29 is 19.0 Å². The topological polar surface area (TPSA) is 47.9 Å². The van der Waals surface area contributed by atoms with Gasteiger partial charge in [-0.25, -0.2) is 0 Å². The summed E-state index contributed by atoms with van der Waals surface area (Å²) in [7, 11) is -0.162. The molecule has 0 aliphatic carbocycles. The zero-order valence-corrected chi connectivity index (χ0v) is 14.9. The first-order valence-corrected chi connectivity index (χ1v) is 10.2. The monoisotopic (exact) mass is 302 g/mol. The first kappa shape index (κ1) is 17.8. The maximum absolute atomic E-state index is 9.10. The van der Waals surface area contributed by atoms with Crippen LogP contribution in [0.3, 0.4) is 0 Å². The van der Waals surface area contributed by atoms with Gasteiger partial charge in [0.05, 0.1) is 18.8 Å². The van der Waals surface area contributed by atoms with Gasteiger partial charge in [0.15, 0.2) is 14.6 Å². The first-order valence-electron chi connectivity index (χ1n) is 7.29. The third-order valence-electron chi connectivity index (χ3n) is 4.45. The zero-order chi connectivity index (χ0) is 15.6. The van der Waals surface area contributed by atoms with Crippen LogP contribution in [-0.4, -0.2) is 45.6 Å². The number of methoxy groups -OCH3 is 1. The fraction of sp³-hybridized carbons (Fsp3) is 0.867. The first-order chi connectivity index (χ1) is 9.12. The molecule has 1 fully saturated rings. The van der Waals surface area contributed by atoms with Gasteiger partial charge in [-0.15, -0.1) is 0 Å². The van der Waals surface area contributed by atoms with Crippen LogP contribution < -0.4 is 0 Å². The Bertz CT molecular complexity index is 346. The molecule has 1 aliphatic rings. The second-order valence-electron chi connectivity index (χ2n) is 6.93. The van der Waals surface area contributed by atoms with Gasteiger partial charge in [-0.1, -0.05) is 26.8 Å². The van der Waals surface area contributed by atoms with Gasteiger partial charge in [0.1, 0.15) is 0 Å². The molecular weight excluding hydrogens is 272 g/mol. The number of ether oxygens (including phenoxy) is 2. The molecule has 1 saturated heterocycles. The number of aliphatic hydroxyl groups is 1. The molecule has 0 saturated carbocycles. The summed E-state index contributed by atoms with van der Waals surface area (Å²) >= 11 is 0. The average Bonchev–Trinajstić information content (AvgIpc) is 2.30. The summed E-state index contributed by atoms with van der Waals surface area (Å²) < 4.78 is 17.8. The number of hydrogen-bond donors (Lipinski definition) is 1. The summed E-state index contributed by atoms with van der Waals surface area (Å²) in [6.07, 6.45) is 2.10. The molecule has 0 aromatic heterocycles. The Morgan fingerprint density at radius 1 is 1.40 bits per heavy atom. The average molecular weight is 302 g/mol. The SMILES string of the molecule is CO[C@H]1C[C@H](O[Si](C)(C)C(C)(C)C)O[C@@H](C)/C1=C/CO. The summed E-state index contributed by atoms with van der Waals surface area (Å²) in [6.45, 7) is 13.1. The molecular formula is C15H30O4Si. The van der Waals surface area contributed by atoms with Crippen LogP contribution in [0.15, 0.2) is 11.6 Å². The third-order valence-corrected chi connectivity index (χ3v) is 8.91. The van der Waals surface area contributed by atoms with Gasteiger partial charge < -0.3 is 19.0 Å². The molecule has 20 heavy (non-hydrogen) atoms. The molecule has 0 amide bonds. The van der Waals surface area contributed by atoms with Gasteiger partial charge in [0, 0.05) is 13.5 Å². The van der Waals surface area contributed by atoms with Crippen LogP contribution in [0, 0.1) is 0 Å². The van der Waals surface area contributed by atoms with Crippen molar-refractivity contribution in [2.75, 3.05) is 13.7 Å². The number of aliphatic hydroxyl groups excluding tert-OH is 1. The van der Waals surface area contributed by atoms with E-state index in [1.807, 2.05) is 6.92 Å². The highest BCUT2D eigenvalue weighted by Crippen LogP contribution is 2.39. The lowest BCUT2D eigenvalue weighted by atomic mass is 9.98. The van der Waals surface area contributed by atoms with E-state index in [9.17, 15) is 0 Å². The summed E-state index contributed by atoms with van der Waals surface area (Å²) in [6, 6.07) is 0. The molecule has 3 atom stereocenters. The van der Waals surface area contributed by atoms with Crippen LogP contribution in [0.2, 0.25) is 18.1 Å². The lowest BCUT2D eigenvalue weighted by molar-refractivity contribution is -0.155. The second kappa shape index (κ2) is 6.71. The summed E-state index contributed by atoms with van der Waals surface area (Å²) in [5, 5.41) is 9.25. The Kier molecular flexibility index (Phi) is 5.98. The predicted octanol–water partition coefficient (Wildman–Crippen LogP) is 3.08. The van der Waals surface area contributed by atoms with Crippen molar-refractivity contribution in [1.29, 1.82) is 0 Å². The minimum absolute atomic E-state index is 0.0106. The molecule has 1 heterocycles. The molecule has 0 aromatic rings. The van der Waals surface area contributed by atoms with E-state index in [2.05, 4.69) is 33.9 Å². The van der Waals surface area contributed by atoms with E-state index in [1.54, 1.807) is 13.2 Å². The van der Waals surface area contributed by atoms with E-state index in [0.29, 0.717) is 6.42 Å². The Hall–Kier alpha value is -0.203. The van der Waals surface area contributed by atoms with E-state index in [4.69, 9.17) is 19.0 Å². The maximum Gasteiger partial charge on any atom is 0.195 e. The third kappa shape index (κ3) is 4.15. The molecule has 5 heteroatoms. The minimum Gasteiger partial charge on any atom is -0.392 e. The molecule has 1 rings (SSSR count). The predicted molar refractivity (Wildman–Crippen MR) is 83.2 cm³/mol. The van der Waals surface area contributed by atoms with Crippen molar-refractivity contribution in [1.82, 2.24) is 0 Å². The fourth-order valence-corrected chi connectivity index (χ4v) is 3.31. The van der Waals surface area contributed by atoms with E-state index in [1.165, 1.54) is 0 Å². The highest BCUT2D eigenvalue weighted by atomic mass is 28.4. The molecule has 0 radical (unpaired) electrons. The van der Waals surface area contributed by atoms with Crippen molar-refractivity contribution in [2.45, 2.75) is 70.7 Å². The van der Waals surface area contributed by atoms with Gasteiger partial charge in [-0.3, -0.25) is 0 Å². The molecule has 0 unspecified atom stereocenters. The van der Waals surface area contributed by atoms with Crippen LogP contribution in [0.25, 0.3) is 0 Å². The Labute approximate surface area is 124 Å². The number of hydrogen-bond acceptors (Lipinski definition) is 4. The lowest BCUT2D eigenvalue weighted by Crippen LogP contribution is -2.48. The zero-order valence-electron chi connectivity index (χ0n) is 13.9. The maximum atomic E-state index is 9.10. The van der Waals surface area contributed by atoms with Crippen LogP contribution >= 0.6 is 0 Å². The van der Waals surface area contributed by atoms with Crippen molar-refractivity contribution in [3.05, 3.63) is 11.6 Å². The Morgan fingerprint density at radius 2 is 2.00 bits per heavy atom. The Balaban J connectivity index is 2.80. The van der Waals surface area contributed by atoms with E-state index in [0.717, 1.165) is 5.57 Å². The molecule has 0 bridgehead atoms.